The Morgan fingerprint density at radius 1 is 1.21 bits per heavy atom. The van der Waals surface area contributed by atoms with Gasteiger partial charge in [0, 0.05) is 0 Å². The van der Waals surface area contributed by atoms with Gasteiger partial charge in [-0.05, 0) is 93.2 Å². The molecule has 9 heteroatoms. The second-order valence-electron chi connectivity index (χ2n) is 6.33. The van der Waals surface area contributed by atoms with Crippen molar-refractivity contribution in [2.24, 2.45) is 5.73 Å². The average Bonchev–Trinajstić information content (AvgIpc) is 2.88. The predicted octanol–water partition coefficient (Wildman–Crippen LogP) is 4.30. The second kappa shape index (κ2) is 9.47. The molecule has 0 atom stereocenters. The van der Waals surface area contributed by atoms with Gasteiger partial charge in [0.1, 0.15) is 18.9 Å². The van der Waals surface area contributed by atoms with Crippen molar-refractivity contribution in [1.82, 2.24) is 4.90 Å². The summed E-state index contributed by atoms with van der Waals surface area (Å²) in [7, 11) is 0. The maximum Gasteiger partial charge on any atom is 0.294 e. The predicted molar refractivity (Wildman–Crippen MR) is 129 cm³/mol. The van der Waals surface area contributed by atoms with E-state index in [0.717, 1.165) is 40.7 Å². The number of aryl methyl sites for hydroxylation is 1. The second-order valence-corrected chi connectivity index (χ2v) is 9.64. The quantitative estimate of drug-likeness (QED) is 0.379. The standard InChI is InChI=1S/C20H16I2N2O4S/c1-11-3-2-4-12(5-11)10-28-18-14(21)6-13(7-15(18)22)8-16-19(26)24(9-17(23)25)20(27)29-16/h2-8H,9-10H2,1H3,(H2,23,25)/b16-8-. The fourth-order valence-corrected chi connectivity index (χ4v) is 5.67. The highest BCUT2D eigenvalue weighted by Crippen LogP contribution is 2.35. The van der Waals surface area contributed by atoms with E-state index >= 15 is 0 Å². The highest BCUT2D eigenvalue weighted by atomic mass is 127. The monoisotopic (exact) mass is 634 g/mol. The Bertz CT molecular complexity index is 1020. The zero-order valence-corrected chi connectivity index (χ0v) is 20.4. The van der Waals surface area contributed by atoms with Gasteiger partial charge in [-0.3, -0.25) is 19.3 Å². The number of nitrogens with zero attached hydrogens (tertiary/aromatic N) is 1. The van der Waals surface area contributed by atoms with Crippen LogP contribution in [-0.4, -0.2) is 28.5 Å². The van der Waals surface area contributed by atoms with Crippen LogP contribution in [0.15, 0.2) is 41.3 Å². The number of benzene rings is 2. The Balaban J connectivity index is 1.78. The van der Waals surface area contributed by atoms with E-state index in [1.165, 1.54) is 5.56 Å². The molecule has 0 aliphatic carbocycles. The molecule has 3 amide bonds. The van der Waals surface area contributed by atoms with Crippen LogP contribution in [0.1, 0.15) is 16.7 Å². The zero-order chi connectivity index (χ0) is 21.1. The first-order valence-corrected chi connectivity index (χ1v) is 11.4. The molecule has 0 bridgehead atoms. The van der Waals surface area contributed by atoms with E-state index in [1.807, 2.05) is 37.3 Å². The minimum atomic E-state index is -0.729. The van der Waals surface area contributed by atoms with Gasteiger partial charge in [0.25, 0.3) is 11.1 Å². The summed E-state index contributed by atoms with van der Waals surface area (Å²) in [5.41, 5.74) is 8.13. The van der Waals surface area contributed by atoms with E-state index in [0.29, 0.717) is 6.61 Å². The molecule has 2 aromatic carbocycles. The van der Waals surface area contributed by atoms with E-state index in [-0.39, 0.29) is 4.91 Å². The first-order chi connectivity index (χ1) is 13.7. The highest BCUT2D eigenvalue weighted by molar-refractivity contribution is 14.1. The van der Waals surface area contributed by atoms with Gasteiger partial charge in [0.15, 0.2) is 0 Å². The number of halogens is 2. The SMILES string of the molecule is Cc1cccc(COc2c(I)cc(/C=C3\SC(=O)N(CC(N)=O)C3=O)cc2I)c1. The van der Waals surface area contributed by atoms with Crippen molar-refractivity contribution in [3.63, 3.8) is 0 Å². The maximum absolute atomic E-state index is 12.4. The molecule has 1 aliphatic rings. The Hall–Kier alpha value is -1.60. The topological polar surface area (TPSA) is 89.7 Å². The van der Waals surface area contributed by atoms with Crippen molar-refractivity contribution < 1.29 is 19.1 Å². The number of nitrogens with two attached hydrogens (primary N) is 1. The van der Waals surface area contributed by atoms with Crippen molar-refractivity contribution in [2.45, 2.75) is 13.5 Å². The molecule has 2 aromatic rings. The number of thioether (sulfide) groups is 1. The van der Waals surface area contributed by atoms with Gasteiger partial charge >= 0.3 is 0 Å². The minimum Gasteiger partial charge on any atom is -0.487 e. The van der Waals surface area contributed by atoms with Gasteiger partial charge in [-0.1, -0.05) is 29.8 Å². The average molecular weight is 634 g/mol. The van der Waals surface area contributed by atoms with Gasteiger partial charge in [0.05, 0.1) is 12.0 Å². The summed E-state index contributed by atoms with van der Waals surface area (Å²) in [6, 6.07) is 11.9. The number of amides is 3. The van der Waals surface area contributed by atoms with Crippen LogP contribution in [-0.2, 0) is 16.2 Å². The van der Waals surface area contributed by atoms with Crippen LogP contribution in [0, 0.1) is 14.1 Å². The summed E-state index contributed by atoms with van der Waals surface area (Å²) in [6.45, 7) is 2.08. The summed E-state index contributed by atoms with van der Waals surface area (Å²) in [6.07, 6.45) is 1.64. The van der Waals surface area contributed by atoms with E-state index in [9.17, 15) is 14.4 Å². The van der Waals surface area contributed by atoms with Crippen molar-refractivity contribution >= 4 is 80.1 Å². The molecule has 1 heterocycles. The van der Waals surface area contributed by atoms with Crippen molar-refractivity contribution in [3.05, 3.63) is 65.1 Å². The van der Waals surface area contributed by atoms with Crippen LogP contribution in [0.4, 0.5) is 4.79 Å². The van der Waals surface area contributed by atoms with Crippen LogP contribution in [0.5, 0.6) is 5.75 Å². The van der Waals surface area contributed by atoms with E-state index in [2.05, 4.69) is 51.2 Å². The number of carbonyl (C=O) groups excluding carboxylic acids is 3. The Labute approximate surface area is 199 Å². The molecule has 0 radical (unpaired) electrons. The van der Waals surface area contributed by atoms with Gasteiger partial charge in [-0.2, -0.15) is 0 Å². The van der Waals surface area contributed by atoms with Crippen LogP contribution in [0.2, 0.25) is 0 Å². The first kappa shape index (κ1) is 22.1. The molecule has 3 rings (SSSR count). The van der Waals surface area contributed by atoms with E-state index in [4.69, 9.17) is 10.5 Å². The smallest absolute Gasteiger partial charge is 0.294 e. The molecule has 0 spiro atoms. The molecule has 29 heavy (non-hydrogen) atoms. The zero-order valence-electron chi connectivity index (χ0n) is 15.3. The summed E-state index contributed by atoms with van der Waals surface area (Å²) in [4.78, 5) is 36.5. The molecular formula is C20H16I2N2O4S. The fourth-order valence-electron chi connectivity index (χ4n) is 2.70. The molecule has 0 unspecified atom stereocenters. The number of carbonyl (C=O) groups is 3. The van der Waals surface area contributed by atoms with Crippen molar-refractivity contribution in [1.29, 1.82) is 0 Å². The molecular weight excluding hydrogens is 618 g/mol. The third kappa shape index (κ3) is 5.51. The minimum absolute atomic E-state index is 0.260. The van der Waals surface area contributed by atoms with Gasteiger partial charge in [-0.15, -0.1) is 0 Å². The lowest BCUT2D eigenvalue weighted by molar-refractivity contribution is -0.127. The largest absolute Gasteiger partial charge is 0.487 e. The summed E-state index contributed by atoms with van der Waals surface area (Å²) < 4.78 is 7.80. The molecule has 2 N–H and O–H groups in total. The maximum atomic E-state index is 12.4. The normalized spacial score (nSPS) is 15.3. The van der Waals surface area contributed by atoms with Crippen molar-refractivity contribution in [3.8, 4) is 5.75 Å². The molecule has 0 aromatic heterocycles. The lowest BCUT2D eigenvalue weighted by Gasteiger charge is -2.12. The molecule has 1 aliphatic heterocycles. The van der Waals surface area contributed by atoms with Gasteiger partial charge in [0.2, 0.25) is 5.91 Å². The van der Waals surface area contributed by atoms with Crippen LogP contribution >= 0.6 is 56.9 Å². The Kier molecular flexibility index (Phi) is 7.22. The first-order valence-electron chi connectivity index (χ1n) is 8.45. The third-order valence-electron chi connectivity index (χ3n) is 3.97. The number of ether oxygens (including phenoxy) is 1. The van der Waals surface area contributed by atoms with Crippen LogP contribution in [0.3, 0.4) is 0 Å². The summed E-state index contributed by atoms with van der Waals surface area (Å²) in [5.74, 6) is -0.469. The summed E-state index contributed by atoms with van der Waals surface area (Å²) in [5, 5.41) is -0.498. The Morgan fingerprint density at radius 2 is 1.90 bits per heavy atom. The highest BCUT2D eigenvalue weighted by Gasteiger charge is 2.35. The number of primary amides is 1. The molecule has 0 saturated carbocycles. The van der Waals surface area contributed by atoms with E-state index in [1.54, 1.807) is 6.08 Å². The molecule has 6 nitrogen and oxygen atoms in total. The molecule has 1 saturated heterocycles. The number of hydrogen-bond donors (Lipinski definition) is 1. The summed E-state index contributed by atoms with van der Waals surface area (Å²) >= 11 is 5.17. The third-order valence-corrected chi connectivity index (χ3v) is 6.48. The van der Waals surface area contributed by atoms with Crippen LogP contribution < -0.4 is 10.5 Å². The lowest BCUT2D eigenvalue weighted by Crippen LogP contribution is -2.36. The van der Waals surface area contributed by atoms with Crippen LogP contribution in [0.25, 0.3) is 6.08 Å². The Morgan fingerprint density at radius 3 is 2.52 bits per heavy atom. The van der Waals surface area contributed by atoms with E-state index < -0.39 is 23.6 Å². The number of rotatable bonds is 6. The van der Waals surface area contributed by atoms with Gasteiger partial charge in [-0.25, -0.2) is 0 Å². The number of hydrogen-bond acceptors (Lipinski definition) is 5. The van der Waals surface area contributed by atoms with Gasteiger partial charge < -0.3 is 10.5 Å². The lowest BCUT2D eigenvalue weighted by atomic mass is 10.1. The number of imide groups is 1. The van der Waals surface area contributed by atoms with Crippen molar-refractivity contribution in [2.75, 3.05) is 6.54 Å². The molecule has 1 fully saturated rings. The molecule has 150 valence electrons. The fraction of sp³-hybridized carbons (Fsp3) is 0.150.